The zero-order valence-corrected chi connectivity index (χ0v) is 17.2. The number of carbonyl (C=O) groups is 3. The third-order valence-electron chi connectivity index (χ3n) is 5.12. The molecule has 0 aromatic heterocycles. The predicted octanol–water partition coefficient (Wildman–Crippen LogP) is 3.40. The van der Waals surface area contributed by atoms with Crippen molar-refractivity contribution in [1.82, 2.24) is 10.2 Å². The predicted molar refractivity (Wildman–Crippen MR) is 102 cm³/mol. The van der Waals surface area contributed by atoms with Gasteiger partial charge in [-0.25, -0.2) is 14.5 Å². The molecule has 2 saturated heterocycles. The number of piperidine rings is 1. The number of amides is 4. The average Bonchev–Trinajstić information content (AvgIpc) is 2.89. The van der Waals surface area contributed by atoms with Gasteiger partial charge in [0.15, 0.2) is 0 Å². The van der Waals surface area contributed by atoms with E-state index >= 15 is 0 Å². The van der Waals surface area contributed by atoms with Crippen molar-refractivity contribution in [3.8, 4) is 6.07 Å². The van der Waals surface area contributed by atoms with Crippen molar-refractivity contribution in [2.45, 2.75) is 50.9 Å². The zero-order chi connectivity index (χ0) is 23.2. The van der Waals surface area contributed by atoms with Gasteiger partial charge in [0, 0.05) is 13.1 Å². The molecule has 2 aliphatic rings. The number of benzene rings is 1. The third-order valence-corrected chi connectivity index (χ3v) is 5.12. The maximum atomic E-state index is 13.3. The summed E-state index contributed by atoms with van der Waals surface area (Å²) in [7, 11) is 0. The molecule has 4 amide bonds. The first-order valence-electron chi connectivity index (χ1n) is 9.53. The van der Waals surface area contributed by atoms with Gasteiger partial charge in [0.05, 0.1) is 22.9 Å². The largest absolute Gasteiger partial charge is 0.444 e. The van der Waals surface area contributed by atoms with Crippen molar-refractivity contribution in [2.75, 3.05) is 18.0 Å². The molecule has 2 aliphatic heterocycles. The zero-order valence-electron chi connectivity index (χ0n) is 17.2. The molecule has 1 aromatic rings. The normalized spacial score (nSPS) is 18.7. The number of imide groups is 1. The Balaban J connectivity index is 1.81. The van der Waals surface area contributed by atoms with Crippen LogP contribution in [-0.2, 0) is 15.7 Å². The van der Waals surface area contributed by atoms with Crippen molar-refractivity contribution >= 4 is 23.7 Å². The Bertz CT molecular complexity index is 970. The summed E-state index contributed by atoms with van der Waals surface area (Å²) < 4.78 is 45.1. The van der Waals surface area contributed by atoms with Crippen LogP contribution in [0.25, 0.3) is 0 Å². The van der Waals surface area contributed by atoms with Gasteiger partial charge in [0.1, 0.15) is 11.1 Å². The SMILES string of the molecule is CC(C)(C)OC(=O)N1CCC2(CC1)NC(=O)N(c1ccc(C#N)c(C(F)(F)F)c1)C2=O. The summed E-state index contributed by atoms with van der Waals surface area (Å²) in [6, 6.07) is 3.27. The number of hydrogen-bond acceptors (Lipinski definition) is 5. The lowest BCUT2D eigenvalue weighted by molar-refractivity contribution is -0.137. The maximum Gasteiger partial charge on any atom is 0.417 e. The quantitative estimate of drug-likeness (QED) is 0.677. The van der Waals surface area contributed by atoms with E-state index in [-0.39, 0.29) is 31.6 Å². The molecule has 2 heterocycles. The molecular formula is C20H21F3N4O4. The number of nitriles is 1. The summed E-state index contributed by atoms with van der Waals surface area (Å²) in [6.07, 6.45) is -5.18. The second-order valence-electron chi connectivity index (χ2n) is 8.46. The van der Waals surface area contributed by atoms with Crippen LogP contribution < -0.4 is 10.2 Å². The molecule has 0 unspecified atom stereocenters. The molecule has 3 rings (SSSR count). The van der Waals surface area contributed by atoms with Crippen LogP contribution in [-0.4, -0.2) is 47.2 Å². The Morgan fingerprint density at radius 1 is 1.19 bits per heavy atom. The highest BCUT2D eigenvalue weighted by Crippen LogP contribution is 2.37. The molecular weight excluding hydrogens is 417 g/mol. The lowest BCUT2D eigenvalue weighted by atomic mass is 9.87. The number of ether oxygens (including phenoxy) is 1. The van der Waals surface area contributed by atoms with Crippen LogP contribution in [0.4, 0.5) is 28.4 Å². The molecule has 11 heteroatoms. The molecule has 1 aromatic carbocycles. The van der Waals surface area contributed by atoms with E-state index in [0.29, 0.717) is 11.0 Å². The molecule has 31 heavy (non-hydrogen) atoms. The van der Waals surface area contributed by atoms with Crippen molar-refractivity contribution in [1.29, 1.82) is 5.26 Å². The molecule has 2 fully saturated rings. The van der Waals surface area contributed by atoms with E-state index in [1.165, 1.54) is 11.0 Å². The summed E-state index contributed by atoms with van der Waals surface area (Å²) in [5, 5.41) is 11.5. The Hall–Kier alpha value is -3.29. The minimum Gasteiger partial charge on any atom is -0.444 e. The van der Waals surface area contributed by atoms with Gasteiger partial charge in [0.25, 0.3) is 5.91 Å². The third kappa shape index (κ3) is 4.28. The van der Waals surface area contributed by atoms with Crippen molar-refractivity contribution < 1.29 is 32.3 Å². The molecule has 166 valence electrons. The number of urea groups is 1. The Morgan fingerprint density at radius 2 is 1.81 bits per heavy atom. The lowest BCUT2D eigenvalue weighted by Gasteiger charge is -2.37. The molecule has 0 bridgehead atoms. The van der Waals surface area contributed by atoms with Crippen LogP contribution >= 0.6 is 0 Å². The summed E-state index contributed by atoms with van der Waals surface area (Å²) >= 11 is 0. The fourth-order valence-electron chi connectivity index (χ4n) is 3.59. The van der Waals surface area contributed by atoms with Gasteiger partial charge in [-0.1, -0.05) is 0 Å². The maximum absolute atomic E-state index is 13.3. The number of rotatable bonds is 1. The number of carbonyl (C=O) groups excluding carboxylic acids is 3. The first-order valence-corrected chi connectivity index (χ1v) is 9.53. The van der Waals surface area contributed by atoms with Gasteiger partial charge in [-0.2, -0.15) is 18.4 Å². The minimum absolute atomic E-state index is 0.0930. The number of halogens is 3. The second kappa shape index (κ2) is 7.44. The number of anilines is 1. The van der Waals surface area contributed by atoms with Crippen molar-refractivity contribution in [3.05, 3.63) is 29.3 Å². The Morgan fingerprint density at radius 3 is 2.32 bits per heavy atom. The molecule has 0 saturated carbocycles. The smallest absolute Gasteiger partial charge is 0.417 e. The molecule has 0 aliphatic carbocycles. The van der Waals surface area contributed by atoms with E-state index in [9.17, 15) is 27.6 Å². The number of nitrogens with zero attached hydrogens (tertiary/aromatic N) is 3. The van der Waals surface area contributed by atoms with E-state index in [2.05, 4.69) is 5.32 Å². The lowest BCUT2D eigenvalue weighted by Crippen LogP contribution is -2.56. The molecule has 1 N–H and O–H groups in total. The first-order chi connectivity index (χ1) is 14.3. The molecule has 0 atom stereocenters. The van der Waals surface area contributed by atoms with E-state index < -0.39 is 46.5 Å². The summed E-state index contributed by atoms with van der Waals surface area (Å²) in [5.74, 6) is -0.695. The monoisotopic (exact) mass is 438 g/mol. The van der Waals surface area contributed by atoms with Gasteiger partial charge in [-0.3, -0.25) is 4.79 Å². The van der Waals surface area contributed by atoms with Crippen LogP contribution in [0.3, 0.4) is 0 Å². The highest BCUT2D eigenvalue weighted by atomic mass is 19.4. The van der Waals surface area contributed by atoms with Gasteiger partial charge in [0.2, 0.25) is 0 Å². The van der Waals surface area contributed by atoms with E-state index in [1.54, 1.807) is 20.8 Å². The number of likely N-dealkylation sites (tertiary alicyclic amines) is 1. The van der Waals surface area contributed by atoms with Crippen LogP contribution in [0.2, 0.25) is 0 Å². The van der Waals surface area contributed by atoms with Crippen molar-refractivity contribution in [2.24, 2.45) is 0 Å². The van der Waals surface area contributed by atoms with Crippen LogP contribution in [0.5, 0.6) is 0 Å². The van der Waals surface area contributed by atoms with Gasteiger partial charge >= 0.3 is 18.3 Å². The summed E-state index contributed by atoms with van der Waals surface area (Å²) in [6.45, 7) is 5.44. The fraction of sp³-hybridized carbons (Fsp3) is 0.500. The van der Waals surface area contributed by atoms with E-state index in [1.807, 2.05) is 0 Å². The number of alkyl halides is 3. The first kappa shape index (κ1) is 22.4. The van der Waals surface area contributed by atoms with Gasteiger partial charge < -0.3 is 15.0 Å². The molecule has 0 radical (unpaired) electrons. The average molecular weight is 438 g/mol. The van der Waals surface area contributed by atoms with Crippen LogP contribution in [0, 0.1) is 11.3 Å². The van der Waals surface area contributed by atoms with Crippen molar-refractivity contribution in [3.63, 3.8) is 0 Å². The topological polar surface area (TPSA) is 103 Å². The van der Waals surface area contributed by atoms with E-state index in [0.717, 1.165) is 12.1 Å². The summed E-state index contributed by atoms with van der Waals surface area (Å²) in [4.78, 5) is 39.9. The highest BCUT2D eigenvalue weighted by molar-refractivity contribution is 6.23. The van der Waals surface area contributed by atoms with Crippen LogP contribution in [0.1, 0.15) is 44.7 Å². The second-order valence-corrected chi connectivity index (χ2v) is 8.46. The number of nitrogens with one attached hydrogen (secondary N) is 1. The minimum atomic E-state index is -4.82. The van der Waals surface area contributed by atoms with Gasteiger partial charge in [-0.05, 0) is 51.8 Å². The Labute approximate surface area is 176 Å². The number of hydrogen-bond donors (Lipinski definition) is 1. The summed E-state index contributed by atoms with van der Waals surface area (Å²) in [5.41, 5.74) is -4.12. The highest BCUT2D eigenvalue weighted by Gasteiger charge is 2.53. The fourth-order valence-corrected chi connectivity index (χ4v) is 3.59. The molecule has 1 spiro atoms. The standard InChI is InChI=1S/C20H21F3N4O4/c1-18(2,3)31-17(30)26-8-6-19(7-9-26)15(28)27(16(29)25-19)13-5-4-12(11-24)14(10-13)20(21,22)23/h4-5,10H,6-9H2,1-3H3,(H,25,29). The van der Waals surface area contributed by atoms with Crippen LogP contribution in [0.15, 0.2) is 18.2 Å². The van der Waals surface area contributed by atoms with Gasteiger partial charge in [-0.15, -0.1) is 0 Å². The molecule has 8 nitrogen and oxygen atoms in total. The Kier molecular flexibility index (Phi) is 5.38. The van der Waals surface area contributed by atoms with E-state index in [4.69, 9.17) is 10.00 Å².